The van der Waals surface area contributed by atoms with Crippen molar-refractivity contribution in [1.29, 1.82) is 0 Å². The van der Waals surface area contributed by atoms with Crippen molar-refractivity contribution in [1.82, 2.24) is 23.3 Å². The van der Waals surface area contributed by atoms with Gasteiger partial charge in [0.05, 0.1) is 11.7 Å². The van der Waals surface area contributed by atoms with Crippen molar-refractivity contribution in [2.75, 3.05) is 40.3 Å². The van der Waals surface area contributed by atoms with Crippen molar-refractivity contribution in [3.8, 4) is 0 Å². The third-order valence-corrected chi connectivity index (χ3v) is 7.25. The summed E-state index contributed by atoms with van der Waals surface area (Å²) in [6.45, 7) is 2.25. The van der Waals surface area contributed by atoms with Gasteiger partial charge < -0.3 is 10.2 Å². The van der Waals surface area contributed by atoms with Crippen LogP contribution in [0, 0.1) is 5.92 Å². The highest BCUT2D eigenvalue weighted by Crippen LogP contribution is 2.28. The molecule has 8 nitrogen and oxygen atoms in total. The van der Waals surface area contributed by atoms with E-state index in [-0.39, 0.29) is 16.7 Å². The molecule has 0 radical (unpaired) electrons. The Morgan fingerprint density at radius 1 is 1.30 bits per heavy atom. The lowest BCUT2D eigenvalue weighted by molar-refractivity contribution is -0.126. The molecule has 3 rings (SSSR count). The van der Waals surface area contributed by atoms with Gasteiger partial charge in [0.1, 0.15) is 15.9 Å². The maximum Gasteiger partial charge on any atom is 0.245 e. The fourth-order valence-electron chi connectivity index (χ4n) is 3.24. The first kappa shape index (κ1) is 20.1. The van der Waals surface area contributed by atoms with Crippen molar-refractivity contribution in [3.63, 3.8) is 0 Å². The Morgan fingerprint density at radius 3 is 2.74 bits per heavy atom. The first-order valence-corrected chi connectivity index (χ1v) is 11.2. The summed E-state index contributed by atoms with van der Waals surface area (Å²) in [5, 5.41) is 2.96. The molecule has 10 heteroatoms. The number of carbonyl (C=O) groups excluding carboxylic acids is 1. The van der Waals surface area contributed by atoms with Gasteiger partial charge in [0, 0.05) is 25.6 Å². The molecule has 148 valence electrons. The van der Waals surface area contributed by atoms with E-state index < -0.39 is 10.0 Å². The molecule has 1 N–H and O–H groups in total. The zero-order valence-electron chi connectivity index (χ0n) is 15.6. The first-order chi connectivity index (χ1) is 12.9. The molecule has 0 saturated carbocycles. The van der Waals surface area contributed by atoms with Crippen molar-refractivity contribution in [2.24, 2.45) is 5.92 Å². The lowest BCUT2D eigenvalue weighted by Crippen LogP contribution is -2.43. The number of carbonyl (C=O) groups is 1. The molecular weight excluding hydrogens is 386 g/mol. The maximum atomic E-state index is 13.0. The summed E-state index contributed by atoms with van der Waals surface area (Å²) < 4.78 is 35.7. The molecule has 1 aromatic carbocycles. The van der Waals surface area contributed by atoms with Crippen LogP contribution in [0.3, 0.4) is 0 Å². The molecule has 0 spiro atoms. The predicted octanol–water partition coefficient (Wildman–Crippen LogP) is 1.16. The monoisotopic (exact) mass is 411 g/mol. The molecule has 1 aliphatic rings. The minimum Gasteiger partial charge on any atom is -0.356 e. The summed E-state index contributed by atoms with van der Waals surface area (Å²) >= 11 is 1.01. The third kappa shape index (κ3) is 4.63. The third-order valence-electron chi connectivity index (χ3n) is 4.77. The Morgan fingerprint density at radius 2 is 2.04 bits per heavy atom. The van der Waals surface area contributed by atoms with Gasteiger partial charge in [0.2, 0.25) is 15.9 Å². The minimum atomic E-state index is -3.64. The average molecular weight is 412 g/mol. The van der Waals surface area contributed by atoms with Gasteiger partial charge >= 0.3 is 0 Å². The van der Waals surface area contributed by atoms with Gasteiger partial charge in [-0.2, -0.15) is 13.1 Å². The van der Waals surface area contributed by atoms with Gasteiger partial charge in [-0.15, -0.1) is 0 Å². The summed E-state index contributed by atoms with van der Waals surface area (Å²) in [5.41, 5.74) is 1.01. The Hall–Kier alpha value is -1.62. The summed E-state index contributed by atoms with van der Waals surface area (Å²) in [5.74, 6) is -0.107. The van der Waals surface area contributed by atoms with Crippen LogP contribution in [0.4, 0.5) is 0 Å². The normalized spacial score (nSPS) is 16.9. The molecule has 2 aromatic rings. The van der Waals surface area contributed by atoms with Crippen LogP contribution in [0.15, 0.2) is 23.1 Å². The lowest BCUT2D eigenvalue weighted by Gasteiger charge is -2.30. The van der Waals surface area contributed by atoms with Gasteiger partial charge in [-0.05, 0) is 52.0 Å². The predicted molar refractivity (Wildman–Crippen MR) is 105 cm³/mol. The summed E-state index contributed by atoms with van der Waals surface area (Å²) in [6.07, 6.45) is 1.96. The Labute approximate surface area is 163 Å². The lowest BCUT2D eigenvalue weighted by atomic mass is 9.97. The van der Waals surface area contributed by atoms with Gasteiger partial charge in [-0.3, -0.25) is 4.79 Å². The van der Waals surface area contributed by atoms with E-state index in [0.717, 1.165) is 24.7 Å². The van der Waals surface area contributed by atoms with E-state index in [4.69, 9.17) is 0 Å². The first-order valence-electron chi connectivity index (χ1n) is 9.03. The number of sulfonamides is 1. The van der Waals surface area contributed by atoms with E-state index in [2.05, 4.69) is 19.0 Å². The van der Waals surface area contributed by atoms with Crippen LogP contribution >= 0.6 is 11.7 Å². The van der Waals surface area contributed by atoms with Gasteiger partial charge in [-0.25, -0.2) is 8.42 Å². The molecule has 2 heterocycles. The smallest absolute Gasteiger partial charge is 0.245 e. The second-order valence-electron chi connectivity index (χ2n) is 7.01. The van der Waals surface area contributed by atoms with Gasteiger partial charge in [-0.1, -0.05) is 6.07 Å². The second kappa shape index (κ2) is 8.59. The highest BCUT2D eigenvalue weighted by Gasteiger charge is 2.33. The van der Waals surface area contributed by atoms with E-state index >= 15 is 0 Å². The number of aromatic nitrogens is 2. The van der Waals surface area contributed by atoms with Crippen LogP contribution in [0.1, 0.15) is 19.3 Å². The zero-order valence-corrected chi connectivity index (χ0v) is 17.2. The zero-order chi connectivity index (χ0) is 19.4. The Bertz CT molecular complexity index is 889. The molecule has 0 bridgehead atoms. The molecule has 1 fully saturated rings. The largest absolute Gasteiger partial charge is 0.356 e. The molecule has 1 aliphatic heterocycles. The van der Waals surface area contributed by atoms with Crippen molar-refractivity contribution >= 4 is 38.7 Å². The van der Waals surface area contributed by atoms with Crippen LogP contribution in [0.2, 0.25) is 0 Å². The standard InChI is InChI=1S/C17H25N5O3S2/c1-21(2)10-4-9-18-17(23)13-7-11-22(12-8-13)27(24,25)15-6-3-5-14-16(15)20-26-19-14/h3,5-6,13H,4,7-12H2,1-2H3,(H,18,23). The number of hydrogen-bond acceptors (Lipinski definition) is 7. The molecule has 1 amide bonds. The van der Waals surface area contributed by atoms with E-state index in [1.54, 1.807) is 18.2 Å². The van der Waals surface area contributed by atoms with Crippen molar-refractivity contribution in [3.05, 3.63) is 18.2 Å². The van der Waals surface area contributed by atoms with Crippen LogP contribution in [-0.4, -0.2) is 72.6 Å². The maximum absolute atomic E-state index is 13.0. The Balaban J connectivity index is 1.58. The number of fused-ring (bicyclic) bond motifs is 1. The molecule has 1 saturated heterocycles. The summed E-state index contributed by atoms with van der Waals surface area (Å²) in [7, 11) is 0.363. The fraction of sp³-hybridized carbons (Fsp3) is 0.588. The second-order valence-corrected chi connectivity index (χ2v) is 9.45. The molecule has 27 heavy (non-hydrogen) atoms. The van der Waals surface area contributed by atoms with Crippen LogP contribution in [-0.2, 0) is 14.8 Å². The van der Waals surface area contributed by atoms with E-state index in [1.807, 2.05) is 14.1 Å². The number of amides is 1. The van der Waals surface area contributed by atoms with Gasteiger partial charge in [0.15, 0.2) is 0 Å². The van der Waals surface area contributed by atoms with Crippen molar-refractivity contribution in [2.45, 2.75) is 24.2 Å². The number of piperidine rings is 1. The quantitative estimate of drug-likeness (QED) is 0.687. The Kier molecular flexibility index (Phi) is 6.40. The highest BCUT2D eigenvalue weighted by atomic mass is 32.2. The van der Waals surface area contributed by atoms with Gasteiger partial charge in [0.25, 0.3) is 0 Å². The highest BCUT2D eigenvalue weighted by molar-refractivity contribution is 7.89. The number of benzene rings is 1. The molecular formula is C17H25N5O3S2. The van der Waals surface area contributed by atoms with Crippen LogP contribution in [0.25, 0.3) is 11.0 Å². The van der Waals surface area contributed by atoms with Crippen LogP contribution < -0.4 is 5.32 Å². The molecule has 0 atom stereocenters. The number of nitrogens with one attached hydrogen (secondary N) is 1. The number of nitrogens with zero attached hydrogens (tertiary/aromatic N) is 4. The number of rotatable bonds is 7. The minimum absolute atomic E-state index is 0.0246. The van der Waals surface area contributed by atoms with Crippen LogP contribution in [0.5, 0.6) is 0 Å². The topological polar surface area (TPSA) is 95.5 Å². The van der Waals surface area contributed by atoms with E-state index in [0.29, 0.717) is 43.5 Å². The van der Waals surface area contributed by atoms with E-state index in [1.165, 1.54) is 4.31 Å². The SMILES string of the molecule is CN(C)CCCNC(=O)C1CCN(S(=O)(=O)c2cccc3nsnc23)CC1. The molecule has 0 unspecified atom stereocenters. The summed E-state index contributed by atoms with van der Waals surface area (Å²) in [4.78, 5) is 14.6. The molecule has 1 aromatic heterocycles. The summed E-state index contributed by atoms with van der Waals surface area (Å²) in [6, 6.07) is 5.01. The van der Waals surface area contributed by atoms with E-state index in [9.17, 15) is 13.2 Å². The molecule has 0 aliphatic carbocycles. The fourth-order valence-corrected chi connectivity index (χ4v) is 5.46. The average Bonchev–Trinajstić information content (AvgIpc) is 3.13. The van der Waals surface area contributed by atoms with Crippen molar-refractivity contribution < 1.29 is 13.2 Å². The number of hydrogen-bond donors (Lipinski definition) is 1.